The average molecular weight is 229 g/mol. The Morgan fingerprint density at radius 2 is 1.56 bits per heavy atom. The highest BCUT2D eigenvalue weighted by Gasteiger charge is 2.22. The van der Waals surface area contributed by atoms with E-state index in [1.54, 1.807) is 0 Å². The van der Waals surface area contributed by atoms with Gasteiger partial charge >= 0.3 is 0 Å². The number of carbonyl (C=O) groups excluding carboxylic acids is 1. The van der Waals surface area contributed by atoms with Crippen LogP contribution in [0.5, 0.6) is 0 Å². The number of benzene rings is 2. The van der Waals surface area contributed by atoms with Crippen molar-refractivity contribution in [1.29, 1.82) is 0 Å². The van der Waals surface area contributed by atoms with Crippen LogP contribution in [0.25, 0.3) is 22.3 Å². The van der Waals surface area contributed by atoms with Crippen LogP contribution in [0.15, 0.2) is 42.5 Å². The molecule has 0 unspecified atom stereocenters. The molecule has 2 heteroatoms. The van der Waals surface area contributed by atoms with Gasteiger partial charge in [0.05, 0.1) is 5.88 Å². The summed E-state index contributed by atoms with van der Waals surface area (Å²) in [5, 5.41) is 0. The molecule has 0 bridgehead atoms. The number of carbonyl (C=O) groups is 1. The first-order valence-corrected chi connectivity index (χ1v) is 5.67. The van der Waals surface area contributed by atoms with E-state index in [4.69, 9.17) is 11.6 Å². The van der Waals surface area contributed by atoms with E-state index in [2.05, 4.69) is 12.1 Å². The van der Waals surface area contributed by atoms with Crippen molar-refractivity contribution in [3.63, 3.8) is 0 Å². The fourth-order valence-corrected chi connectivity index (χ4v) is 2.30. The van der Waals surface area contributed by atoms with Gasteiger partial charge in [-0.15, -0.1) is 11.6 Å². The molecule has 16 heavy (non-hydrogen) atoms. The second kappa shape index (κ2) is 3.46. The Morgan fingerprint density at radius 3 is 2.25 bits per heavy atom. The van der Waals surface area contributed by atoms with Crippen molar-refractivity contribution in [2.75, 3.05) is 5.88 Å². The van der Waals surface area contributed by atoms with Crippen molar-refractivity contribution in [1.82, 2.24) is 0 Å². The van der Waals surface area contributed by atoms with Gasteiger partial charge in [0.2, 0.25) is 0 Å². The minimum atomic E-state index is -0.0196. The maximum absolute atomic E-state index is 11.5. The number of fused-ring (bicyclic) bond motifs is 4. The Kier molecular flexibility index (Phi) is 2.08. The van der Waals surface area contributed by atoms with Gasteiger partial charge in [0.15, 0.2) is 5.78 Å². The topological polar surface area (TPSA) is 17.1 Å². The lowest BCUT2D eigenvalue weighted by Crippen LogP contribution is -2.04. The highest BCUT2D eigenvalue weighted by Crippen LogP contribution is 2.46. The van der Waals surface area contributed by atoms with Gasteiger partial charge in [-0.3, -0.25) is 4.79 Å². The Hall–Kier alpha value is -1.60. The van der Waals surface area contributed by atoms with Crippen LogP contribution in [-0.2, 0) is 0 Å². The number of alkyl halides is 1. The van der Waals surface area contributed by atoms with Gasteiger partial charge < -0.3 is 0 Å². The van der Waals surface area contributed by atoms with E-state index in [0.717, 1.165) is 5.56 Å². The van der Waals surface area contributed by atoms with Gasteiger partial charge in [-0.1, -0.05) is 36.4 Å². The monoisotopic (exact) mass is 228 g/mol. The third-order valence-corrected chi connectivity index (χ3v) is 3.21. The van der Waals surface area contributed by atoms with E-state index < -0.39 is 0 Å². The molecule has 0 saturated carbocycles. The molecule has 0 heterocycles. The number of Topliss-reactive ketones (excluding diaryl/α,β-unsaturated/α-hetero) is 1. The van der Waals surface area contributed by atoms with Crippen LogP contribution < -0.4 is 0 Å². The fraction of sp³-hybridized carbons (Fsp3) is 0.0714. The van der Waals surface area contributed by atoms with Gasteiger partial charge in [0.25, 0.3) is 0 Å². The summed E-state index contributed by atoms with van der Waals surface area (Å²) in [6.45, 7) is 0. The second-order valence-electron chi connectivity index (χ2n) is 3.86. The minimum Gasteiger partial charge on any atom is -0.293 e. The van der Waals surface area contributed by atoms with Crippen LogP contribution >= 0.6 is 11.6 Å². The summed E-state index contributed by atoms with van der Waals surface area (Å²) in [4.78, 5) is 11.5. The van der Waals surface area contributed by atoms with E-state index >= 15 is 0 Å². The van der Waals surface area contributed by atoms with Crippen molar-refractivity contribution in [2.24, 2.45) is 0 Å². The first-order chi connectivity index (χ1) is 7.81. The van der Waals surface area contributed by atoms with Crippen LogP contribution in [-0.4, -0.2) is 11.7 Å². The van der Waals surface area contributed by atoms with Gasteiger partial charge in [-0.05, 0) is 28.3 Å². The molecule has 1 nitrogen and oxygen atoms in total. The summed E-state index contributed by atoms with van der Waals surface area (Å²) in [6.07, 6.45) is 0. The molecule has 3 rings (SSSR count). The predicted molar refractivity (Wildman–Crippen MR) is 65.9 cm³/mol. The van der Waals surface area contributed by atoms with Crippen LogP contribution in [0.1, 0.15) is 10.4 Å². The molecule has 0 N–H and O–H groups in total. The maximum atomic E-state index is 11.5. The highest BCUT2D eigenvalue weighted by molar-refractivity contribution is 6.30. The first kappa shape index (κ1) is 9.61. The molecule has 0 spiro atoms. The smallest absolute Gasteiger partial charge is 0.177 e. The number of rotatable bonds is 2. The van der Waals surface area contributed by atoms with Crippen molar-refractivity contribution >= 4 is 17.4 Å². The summed E-state index contributed by atoms with van der Waals surface area (Å²) < 4.78 is 0. The lowest BCUT2D eigenvalue weighted by atomic mass is 9.80. The van der Waals surface area contributed by atoms with Crippen LogP contribution in [0.2, 0.25) is 0 Å². The molecule has 0 aliphatic heterocycles. The van der Waals surface area contributed by atoms with Crippen LogP contribution in [0.4, 0.5) is 0 Å². The molecule has 0 saturated heterocycles. The molecule has 1 aliphatic rings. The van der Waals surface area contributed by atoms with Gasteiger partial charge in [0.1, 0.15) is 0 Å². The van der Waals surface area contributed by atoms with Gasteiger partial charge in [0, 0.05) is 5.56 Å². The normalized spacial score (nSPS) is 11.3. The Bertz CT molecular complexity index is 587. The summed E-state index contributed by atoms with van der Waals surface area (Å²) in [6, 6.07) is 14.0. The van der Waals surface area contributed by atoms with Gasteiger partial charge in [-0.25, -0.2) is 0 Å². The number of hydrogen-bond donors (Lipinski definition) is 0. The molecule has 0 fully saturated rings. The lowest BCUT2D eigenvalue weighted by Gasteiger charge is -2.24. The standard InChI is InChI=1S/C14H9ClO/c15-8-14(16)9-5-6-12-10-3-1-2-4-11(10)13(12)7-9/h1-7H,8H2. The summed E-state index contributed by atoms with van der Waals surface area (Å²) in [5.74, 6) is 0.0225. The van der Waals surface area contributed by atoms with E-state index in [0.29, 0.717) is 5.56 Å². The molecule has 1 aliphatic carbocycles. The highest BCUT2D eigenvalue weighted by atomic mass is 35.5. The molecular weight excluding hydrogens is 220 g/mol. The molecule has 0 amide bonds. The molecular formula is C14H9ClO. The minimum absolute atomic E-state index is 0.0196. The molecule has 78 valence electrons. The number of hydrogen-bond acceptors (Lipinski definition) is 1. The molecule has 0 atom stereocenters. The van der Waals surface area contributed by atoms with Crippen molar-refractivity contribution in [2.45, 2.75) is 0 Å². The number of ketones is 1. The molecule has 0 aromatic heterocycles. The maximum Gasteiger partial charge on any atom is 0.177 e. The largest absolute Gasteiger partial charge is 0.293 e. The quantitative estimate of drug-likeness (QED) is 0.482. The number of halogens is 1. The third-order valence-electron chi connectivity index (χ3n) is 2.97. The van der Waals surface area contributed by atoms with E-state index in [-0.39, 0.29) is 11.7 Å². The molecule has 2 aromatic rings. The van der Waals surface area contributed by atoms with Crippen LogP contribution in [0.3, 0.4) is 0 Å². The Balaban J connectivity index is 2.10. The summed E-state index contributed by atoms with van der Waals surface area (Å²) in [7, 11) is 0. The van der Waals surface area contributed by atoms with Gasteiger partial charge in [-0.2, -0.15) is 0 Å². The Labute approximate surface area is 98.7 Å². The predicted octanol–water partition coefficient (Wildman–Crippen LogP) is 3.76. The third kappa shape index (κ3) is 1.22. The lowest BCUT2D eigenvalue weighted by molar-refractivity contribution is 0.102. The SMILES string of the molecule is O=C(CCl)c1ccc2c(c1)-c1ccccc1-2. The summed E-state index contributed by atoms with van der Waals surface area (Å²) in [5.41, 5.74) is 5.57. The zero-order chi connectivity index (χ0) is 11.1. The molecule has 0 radical (unpaired) electrons. The average Bonchev–Trinajstić information content (AvgIpc) is 2.34. The van der Waals surface area contributed by atoms with Crippen molar-refractivity contribution in [3.05, 3.63) is 48.0 Å². The first-order valence-electron chi connectivity index (χ1n) is 5.14. The van der Waals surface area contributed by atoms with Crippen LogP contribution in [0, 0.1) is 0 Å². The van der Waals surface area contributed by atoms with E-state index in [9.17, 15) is 4.79 Å². The van der Waals surface area contributed by atoms with E-state index in [1.165, 1.54) is 16.7 Å². The fourth-order valence-electron chi connectivity index (χ4n) is 2.14. The van der Waals surface area contributed by atoms with Crippen molar-refractivity contribution in [3.8, 4) is 22.3 Å². The molecule has 2 aromatic carbocycles. The van der Waals surface area contributed by atoms with Crippen molar-refractivity contribution < 1.29 is 4.79 Å². The van der Waals surface area contributed by atoms with E-state index in [1.807, 2.05) is 30.3 Å². The Morgan fingerprint density at radius 1 is 0.938 bits per heavy atom. The summed E-state index contributed by atoms with van der Waals surface area (Å²) >= 11 is 5.55. The zero-order valence-electron chi connectivity index (χ0n) is 8.53. The second-order valence-corrected chi connectivity index (χ2v) is 4.13. The zero-order valence-corrected chi connectivity index (χ0v) is 9.29.